The van der Waals surface area contributed by atoms with Gasteiger partial charge in [-0.15, -0.1) is 0 Å². The van der Waals surface area contributed by atoms with Crippen LogP contribution in [0.2, 0.25) is 0 Å². The second-order valence-electron chi connectivity index (χ2n) is 12.8. The Morgan fingerprint density at radius 3 is 2.45 bits per heavy atom. The quantitative estimate of drug-likeness (QED) is 0.496. The highest BCUT2D eigenvalue weighted by Crippen LogP contribution is 2.68. The fourth-order valence-corrected chi connectivity index (χ4v) is 9.05. The molecule has 4 saturated carbocycles. The second kappa shape index (κ2) is 9.43. The van der Waals surface area contributed by atoms with Crippen molar-refractivity contribution in [2.24, 2.45) is 46.3 Å². The Balaban J connectivity index is 1.49. The third kappa shape index (κ3) is 4.29. The number of fused-ring (bicyclic) bond motifs is 5. The van der Waals surface area contributed by atoms with Crippen molar-refractivity contribution in [1.29, 1.82) is 0 Å². The summed E-state index contributed by atoms with van der Waals surface area (Å²) in [6.07, 6.45) is 7.39. The lowest BCUT2D eigenvalue weighted by atomic mass is 9.43. The number of carbonyl (C=O) groups excluding carboxylic acids is 1. The summed E-state index contributed by atoms with van der Waals surface area (Å²) in [6.45, 7) is 10.9. The van der Waals surface area contributed by atoms with Gasteiger partial charge in [0.25, 0.3) is 0 Å². The van der Waals surface area contributed by atoms with Crippen LogP contribution >= 0.6 is 0 Å². The van der Waals surface area contributed by atoms with Crippen LogP contribution < -0.4 is 0 Å². The summed E-state index contributed by atoms with van der Waals surface area (Å²) >= 11 is 0. The van der Waals surface area contributed by atoms with Gasteiger partial charge in [0.15, 0.2) is 0 Å². The van der Waals surface area contributed by atoms with E-state index < -0.39 is 0 Å². The summed E-state index contributed by atoms with van der Waals surface area (Å²) in [5, 5.41) is 33.3. The zero-order chi connectivity index (χ0) is 24.1. The molecule has 0 aliphatic heterocycles. The second-order valence-corrected chi connectivity index (χ2v) is 12.8. The molecule has 0 amide bonds. The number of hydrogen-bond acceptors (Lipinski definition) is 5. The third-order valence-electron chi connectivity index (χ3n) is 11.2. The monoisotopic (exact) mass is 464 g/mol. The van der Waals surface area contributed by atoms with Crippen LogP contribution in [0.4, 0.5) is 0 Å². The maximum Gasteiger partial charge on any atom is 0.306 e. The fraction of sp³-hybridized carbons (Fsp3) is 0.964. The first kappa shape index (κ1) is 25.4. The smallest absolute Gasteiger partial charge is 0.306 e. The minimum absolute atomic E-state index is 0.0304. The zero-order valence-electron chi connectivity index (χ0n) is 21.5. The van der Waals surface area contributed by atoms with E-state index in [4.69, 9.17) is 4.74 Å². The van der Waals surface area contributed by atoms with Crippen LogP contribution in [0.5, 0.6) is 0 Å². The molecule has 0 aromatic carbocycles. The van der Waals surface area contributed by atoms with Crippen LogP contribution in [0, 0.1) is 46.3 Å². The van der Waals surface area contributed by atoms with Crippen molar-refractivity contribution in [1.82, 2.24) is 0 Å². The average molecular weight is 465 g/mol. The van der Waals surface area contributed by atoms with Crippen LogP contribution in [0.1, 0.15) is 98.8 Å². The molecule has 4 aliphatic rings. The highest BCUT2D eigenvalue weighted by Gasteiger charge is 2.65. The molecule has 5 nitrogen and oxygen atoms in total. The summed E-state index contributed by atoms with van der Waals surface area (Å²) in [4.78, 5) is 12.3. The number of aliphatic hydroxyl groups excluding tert-OH is 3. The maximum absolute atomic E-state index is 12.3. The van der Waals surface area contributed by atoms with Gasteiger partial charge in [0.1, 0.15) is 0 Å². The van der Waals surface area contributed by atoms with E-state index in [0.29, 0.717) is 36.0 Å². The first-order valence-electron chi connectivity index (χ1n) is 13.8. The Morgan fingerprint density at radius 2 is 1.76 bits per heavy atom. The van der Waals surface area contributed by atoms with Crippen LogP contribution in [-0.4, -0.2) is 45.7 Å². The van der Waals surface area contributed by atoms with Gasteiger partial charge in [0, 0.05) is 6.42 Å². The lowest BCUT2D eigenvalue weighted by Crippen LogP contribution is -2.62. The number of esters is 1. The minimum Gasteiger partial charge on any atom is -0.463 e. The number of ether oxygens (including phenoxy) is 1. The highest BCUT2D eigenvalue weighted by molar-refractivity contribution is 5.69. The van der Waals surface area contributed by atoms with Crippen molar-refractivity contribution in [3.05, 3.63) is 0 Å². The number of carbonyl (C=O) groups is 1. The predicted molar refractivity (Wildman–Crippen MR) is 128 cm³/mol. The van der Waals surface area contributed by atoms with Gasteiger partial charge in [-0.1, -0.05) is 27.7 Å². The summed E-state index contributed by atoms with van der Waals surface area (Å²) in [5.41, 5.74) is -0.103. The molecule has 0 aromatic heterocycles. The molecule has 12 atom stereocenters. The topological polar surface area (TPSA) is 87.0 Å². The van der Waals surface area contributed by atoms with E-state index in [9.17, 15) is 20.1 Å². The summed E-state index contributed by atoms with van der Waals surface area (Å²) in [5.74, 6) is 1.83. The largest absolute Gasteiger partial charge is 0.463 e. The van der Waals surface area contributed by atoms with E-state index in [2.05, 4.69) is 20.8 Å². The van der Waals surface area contributed by atoms with E-state index in [-0.39, 0.29) is 47.1 Å². The van der Waals surface area contributed by atoms with Crippen LogP contribution in [-0.2, 0) is 9.53 Å². The van der Waals surface area contributed by atoms with Crippen LogP contribution in [0.3, 0.4) is 0 Å². The zero-order valence-corrected chi connectivity index (χ0v) is 21.5. The number of aliphatic hydroxyl groups is 3. The van der Waals surface area contributed by atoms with Gasteiger partial charge in [-0.2, -0.15) is 0 Å². The van der Waals surface area contributed by atoms with E-state index in [0.717, 1.165) is 57.8 Å². The molecule has 3 N–H and O–H groups in total. The van der Waals surface area contributed by atoms with Crippen molar-refractivity contribution in [2.45, 2.75) is 123 Å². The molecule has 0 aromatic rings. The Labute approximate surface area is 200 Å². The normalized spacial score (nSPS) is 48.8. The van der Waals surface area contributed by atoms with E-state index in [1.54, 1.807) is 0 Å². The van der Waals surface area contributed by atoms with Crippen molar-refractivity contribution in [3.63, 3.8) is 0 Å². The fourth-order valence-electron chi connectivity index (χ4n) is 9.05. The third-order valence-corrected chi connectivity index (χ3v) is 11.2. The SMILES string of the molecule is CCC(C)OC(=O)CC[C@@H](C)[C@H]1CC[C@H]2[C@@H]3[C@H](O)C[C@@H]4C[C@H](O)CC[C@]4(C)[C@H]3C[C@H](O)[C@]12C. The molecule has 0 spiro atoms. The first-order chi connectivity index (χ1) is 15.5. The summed E-state index contributed by atoms with van der Waals surface area (Å²) < 4.78 is 5.48. The van der Waals surface area contributed by atoms with Crippen molar-refractivity contribution < 1.29 is 24.9 Å². The van der Waals surface area contributed by atoms with Gasteiger partial charge in [-0.3, -0.25) is 4.79 Å². The number of hydrogen-bond donors (Lipinski definition) is 3. The molecule has 0 radical (unpaired) electrons. The van der Waals surface area contributed by atoms with Gasteiger partial charge in [0.2, 0.25) is 0 Å². The van der Waals surface area contributed by atoms with E-state index >= 15 is 0 Å². The molecular formula is C28H48O5. The molecule has 4 rings (SSSR count). The molecular weight excluding hydrogens is 416 g/mol. The lowest BCUT2D eigenvalue weighted by molar-refractivity contribution is -0.207. The minimum atomic E-state index is -0.375. The molecule has 0 heterocycles. The summed E-state index contributed by atoms with van der Waals surface area (Å²) in [6, 6.07) is 0. The Morgan fingerprint density at radius 1 is 1.03 bits per heavy atom. The van der Waals surface area contributed by atoms with E-state index in [1.165, 1.54) is 0 Å². The Bertz CT molecular complexity index is 710. The van der Waals surface area contributed by atoms with Crippen LogP contribution in [0.25, 0.3) is 0 Å². The average Bonchev–Trinajstić information content (AvgIpc) is 3.12. The molecule has 0 saturated heterocycles. The van der Waals surface area contributed by atoms with Crippen molar-refractivity contribution in [3.8, 4) is 0 Å². The standard InChI is InChI=1S/C28H48O5/c1-6-17(3)33-25(32)10-7-16(2)20-8-9-21-26-22(15-24(31)28(20,21)5)27(4)12-11-19(29)13-18(27)14-23(26)30/h16-24,26,29-31H,6-15H2,1-5H3/t16-,17?,18+,19-,20-,21+,22+,23-,24+,26+,27+,28-/m1/s1. The highest BCUT2D eigenvalue weighted by atomic mass is 16.5. The van der Waals surface area contributed by atoms with Gasteiger partial charge >= 0.3 is 5.97 Å². The molecule has 4 aliphatic carbocycles. The Kier molecular flexibility index (Phi) is 7.27. The molecule has 0 bridgehead atoms. The summed E-state index contributed by atoms with van der Waals surface area (Å²) in [7, 11) is 0. The van der Waals surface area contributed by atoms with Gasteiger partial charge in [-0.25, -0.2) is 0 Å². The number of rotatable bonds is 6. The molecule has 5 heteroatoms. The molecule has 33 heavy (non-hydrogen) atoms. The molecule has 190 valence electrons. The maximum atomic E-state index is 12.3. The van der Waals surface area contributed by atoms with Crippen molar-refractivity contribution >= 4 is 5.97 Å². The van der Waals surface area contributed by atoms with Gasteiger partial charge in [0.05, 0.1) is 24.4 Å². The van der Waals surface area contributed by atoms with Gasteiger partial charge in [-0.05, 0) is 111 Å². The lowest BCUT2D eigenvalue weighted by Gasteiger charge is -2.63. The molecule has 4 fully saturated rings. The predicted octanol–water partition coefficient (Wildman–Crippen LogP) is 4.71. The first-order valence-corrected chi connectivity index (χ1v) is 13.8. The molecule has 1 unspecified atom stereocenters. The van der Waals surface area contributed by atoms with Gasteiger partial charge < -0.3 is 20.1 Å². The van der Waals surface area contributed by atoms with E-state index in [1.807, 2.05) is 13.8 Å². The Hall–Kier alpha value is -0.650. The van der Waals surface area contributed by atoms with Crippen LogP contribution in [0.15, 0.2) is 0 Å². The van der Waals surface area contributed by atoms with Crippen molar-refractivity contribution in [2.75, 3.05) is 0 Å².